The number of nitro groups is 2. The molecule has 27 heavy (non-hydrogen) atoms. The lowest BCUT2D eigenvalue weighted by atomic mass is 9.93. The SMILES string of the molecule is CC(C)(C)[Si](C)(C)ON1C=c2cc([N+](=O)[O-])cc3c2=C(C=C([N+](=O)[O-])C3)C1. The molecule has 0 saturated carbocycles. The summed E-state index contributed by atoms with van der Waals surface area (Å²) >= 11 is 0. The minimum absolute atomic E-state index is 0.0198. The van der Waals surface area contributed by atoms with E-state index in [0.29, 0.717) is 17.3 Å². The fourth-order valence-corrected chi connectivity index (χ4v) is 4.04. The third-order valence-corrected chi connectivity index (χ3v) is 9.78. The molecule has 8 nitrogen and oxygen atoms in total. The van der Waals surface area contributed by atoms with Gasteiger partial charge in [0, 0.05) is 29.6 Å². The zero-order valence-corrected chi connectivity index (χ0v) is 17.1. The van der Waals surface area contributed by atoms with E-state index in [2.05, 4.69) is 33.9 Å². The molecule has 0 bridgehead atoms. The predicted octanol–water partition coefficient (Wildman–Crippen LogP) is 2.45. The second kappa shape index (κ2) is 6.27. The van der Waals surface area contributed by atoms with E-state index >= 15 is 0 Å². The van der Waals surface area contributed by atoms with Gasteiger partial charge in [0.2, 0.25) is 8.32 Å². The molecular weight excluding hydrogens is 366 g/mol. The number of allylic oxidation sites excluding steroid dienone is 1. The van der Waals surface area contributed by atoms with E-state index < -0.39 is 18.2 Å². The van der Waals surface area contributed by atoms with Crippen molar-refractivity contribution in [1.29, 1.82) is 0 Å². The van der Waals surface area contributed by atoms with Crippen molar-refractivity contribution < 1.29 is 14.4 Å². The Labute approximate surface area is 157 Å². The van der Waals surface area contributed by atoms with Crippen LogP contribution in [0.3, 0.4) is 0 Å². The standard InChI is InChI=1S/C18H23N3O5Si/c1-18(2,3)27(4,5)26-19-10-13-8-15(20(22)23)6-12-7-16(21(24)25)9-14(11-19)17(12)13/h6,8-10H,7,11H2,1-5H3. The molecule has 0 aromatic heterocycles. The van der Waals surface area contributed by atoms with Crippen molar-refractivity contribution >= 4 is 25.8 Å². The average Bonchev–Trinajstić information content (AvgIpc) is 2.52. The Morgan fingerprint density at radius 2 is 1.81 bits per heavy atom. The monoisotopic (exact) mass is 389 g/mol. The van der Waals surface area contributed by atoms with E-state index in [4.69, 9.17) is 4.53 Å². The Morgan fingerprint density at radius 1 is 1.15 bits per heavy atom. The summed E-state index contributed by atoms with van der Waals surface area (Å²) in [5, 5.41) is 25.8. The van der Waals surface area contributed by atoms with Gasteiger partial charge >= 0.3 is 0 Å². The largest absolute Gasteiger partial charge is 0.320 e. The third kappa shape index (κ3) is 3.52. The van der Waals surface area contributed by atoms with E-state index in [0.717, 1.165) is 10.8 Å². The van der Waals surface area contributed by atoms with Gasteiger partial charge in [0.25, 0.3) is 11.4 Å². The molecule has 0 N–H and O–H groups in total. The van der Waals surface area contributed by atoms with Crippen LogP contribution in [0.1, 0.15) is 26.3 Å². The molecule has 1 aliphatic carbocycles. The van der Waals surface area contributed by atoms with Crippen molar-refractivity contribution in [2.45, 2.75) is 45.3 Å². The number of hydroxylamine groups is 2. The second-order valence-corrected chi connectivity index (χ2v) is 13.2. The summed E-state index contributed by atoms with van der Waals surface area (Å²) < 4.78 is 6.32. The van der Waals surface area contributed by atoms with E-state index in [1.807, 2.05) is 0 Å². The lowest BCUT2D eigenvalue weighted by Crippen LogP contribution is -2.49. The highest BCUT2D eigenvalue weighted by molar-refractivity contribution is 6.74. The number of nitrogens with zero attached hydrogens (tertiary/aromatic N) is 3. The fourth-order valence-electron chi connectivity index (χ4n) is 3.07. The summed E-state index contributed by atoms with van der Waals surface area (Å²) in [6.45, 7) is 11.0. The molecule has 0 spiro atoms. The molecule has 1 aromatic carbocycles. The predicted molar refractivity (Wildman–Crippen MR) is 104 cm³/mol. The molecule has 2 aliphatic rings. The van der Waals surface area contributed by atoms with Crippen LogP contribution in [0.4, 0.5) is 5.69 Å². The van der Waals surface area contributed by atoms with Crippen LogP contribution in [0, 0.1) is 20.2 Å². The highest BCUT2D eigenvalue weighted by atomic mass is 28.4. The zero-order chi connectivity index (χ0) is 20.1. The first-order valence-corrected chi connectivity index (χ1v) is 11.6. The second-order valence-electron chi connectivity index (χ2n) is 8.48. The average molecular weight is 389 g/mol. The smallest absolute Gasteiger partial charge is 0.270 e. The summed E-state index contributed by atoms with van der Waals surface area (Å²) in [5.74, 6) is 0. The molecule has 0 radical (unpaired) electrons. The van der Waals surface area contributed by atoms with Gasteiger partial charge in [-0.1, -0.05) is 20.8 Å². The summed E-state index contributed by atoms with van der Waals surface area (Å²) in [7, 11) is -2.13. The first-order valence-electron chi connectivity index (χ1n) is 8.72. The van der Waals surface area contributed by atoms with E-state index in [-0.39, 0.29) is 22.8 Å². The molecule has 1 aliphatic heterocycles. The molecule has 0 amide bonds. The van der Waals surface area contributed by atoms with Gasteiger partial charge in [0.05, 0.1) is 22.8 Å². The van der Waals surface area contributed by atoms with Gasteiger partial charge in [0.15, 0.2) is 0 Å². The molecule has 3 rings (SSSR count). The van der Waals surface area contributed by atoms with Gasteiger partial charge < -0.3 is 4.53 Å². The maximum absolute atomic E-state index is 11.3. The van der Waals surface area contributed by atoms with Crippen molar-refractivity contribution in [1.82, 2.24) is 5.06 Å². The summed E-state index contributed by atoms with van der Waals surface area (Å²) in [4.78, 5) is 21.7. The van der Waals surface area contributed by atoms with E-state index in [9.17, 15) is 20.2 Å². The van der Waals surface area contributed by atoms with Crippen LogP contribution in [0.15, 0.2) is 23.9 Å². The minimum Gasteiger partial charge on any atom is -0.320 e. The maximum Gasteiger partial charge on any atom is 0.270 e. The summed E-state index contributed by atoms with van der Waals surface area (Å²) in [5.41, 5.74) is 1.34. The van der Waals surface area contributed by atoms with Crippen LogP contribution in [-0.4, -0.2) is 29.8 Å². The number of non-ortho nitro benzene ring substituents is 1. The van der Waals surface area contributed by atoms with Crippen molar-refractivity contribution in [2.24, 2.45) is 0 Å². The lowest BCUT2D eigenvalue weighted by Gasteiger charge is -2.40. The molecule has 0 fully saturated rings. The Bertz CT molecular complexity index is 991. The Balaban J connectivity index is 2.15. The van der Waals surface area contributed by atoms with E-state index in [1.54, 1.807) is 17.3 Å². The lowest BCUT2D eigenvalue weighted by molar-refractivity contribution is -0.427. The normalized spacial score (nSPS) is 16.4. The molecule has 9 heteroatoms. The number of rotatable bonds is 4. The van der Waals surface area contributed by atoms with Gasteiger partial charge in [-0.25, -0.2) is 0 Å². The number of hydrogen-bond donors (Lipinski definition) is 0. The summed E-state index contributed by atoms with van der Waals surface area (Å²) in [6.07, 6.45) is 3.44. The van der Waals surface area contributed by atoms with E-state index in [1.165, 1.54) is 12.1 Å². The molecule has 0 atom stereocenters. The Hall–Kier alpha value is -2.52. The first kappa shape index (κ1) is 19.2. The third-order valence-electron chi connectivity index (χ3n) is 5.48. The quantitative estimate of drug-likeness (QED) is 0.446. The highest BCUT2D eigenvalue weighted by Crippen LogP contribution is 2.37. The van der Waals surface area contributed by atoms with Gasteiger partial charge in [-0.3, -0.25) is 25.3 Å². The first-order chi connectivity index (χ1) is 12.4. The van der Waals surface area contributed by atoms with Crippen molar-refractivity contribution in [3.63, 3.8) is 0 Å². The van der Waals surface area contributed by atoms with Crippen LogP contribution in [0.5, 0.6) is 0 Å². The van der Waals surface area contributed by atoms with Crippen molar-refractivity contribution in [3.8, 4) is 0 Å². The van der Waals surface area contributed by atoms with Gasteiger partial charge in [-0.15, -0.1) is 0 Å². The molecule has 0 saturated heterocycles. The molecular formula is C18H23N3O5Si. The molecule has 144 valence electrons. The topological polar surface area (TPSA) is 98.8 Å². The van der Waals surface area contributed by atoms with Gasteiger partial charge in [0.1, 0.15) is 0 Å². The fraction of sp³-hybridized carbons (Fsp3) is 0.444. The molecule has 1 heterocycles. The number of nitro benzene ring substituents is 1. The zero-order valence-electron chi connectivity index (χ0n) is 16.1. The van der Waals surface area contributed by atoms with Crippen LogP contribution < -0.4 is 10.4 Å². The van der Waals surface area contributed by atoms with Crippen LogP contribution >= 0.6 is 0 Å². The Kier molecular flexibility index (Phi) is 4.47. The van der Waals surface area contributed by atoms with Crippen LogP contribution in [0.25, 0.3) is 11.8 Å². The number of hydrogen-bond acceptors (Lipinski definition) is 6. The van der Waals surface area contributed by atoms with Gasteiger partial charge in [-0.2, -0.15) is 0 Å². The van der Waals surface area contributed by atoms with Crippen molar-refractivity contribution in [2.75, 3.05) is 6.54 Å². The van der Waals surface area contributed by atoms with Crippen LogP contribution in [-0.2, 0) is 10.9 Å². The summed E-state index contributed by atoms with van der Waals surface area (Å²) in [6, 6.07) is 2.94. The number of benzene rings is 1. The Morgan fingerprint density at radius 3 is 2.37 bits per heavy atom. The maximum atomic E-state index is 11.3. The molecule has 0 unspecified atom stereocenters. The highest BCUT2D eigenvalue weighted by Gasteiger charge is 2.40. The van der Waals surface area contributed by atoms with Gasteiger partial charge in [-0.05, 0) is 34.5 Å². The van der Waals surface area contributed by atoms with Crippen molar-refractivity contribution in [3.05, 3.63) is 60.1 Å². The molecule has 1 aromatic rings. The van der Waals surface area contributed by atoms with Crippen LogP contribution in [0.2, 0.25) is 18.1 Å². The minimum atomic E-state index is -2.13.